The molecule has 1 N–H and O–H groups in total. The van der Waals surface area contributed by atoms with Crippen molar-refractivity contribution in [3.63, 3.8) is 0 Å². The van der Waals surface area contributed by atoms with Gasteiger partial charge in [-0.2, -0.15) is 5.10 Å². The van der Waals surface area contributed by atoms with Crippen LogP contribution in [0.4, 0.5) is 5.69 Å². The Kier molecular flexibility index (Phi) is 9.58. The van der Waals surface area contributed by atoms with Crippen LogP contribution in [0.15, 0.2) is 52.7 Å². The quantitative estimate of drug-likeness (QED) is 0.0830. The number of thioether (sulfide) groups is 1. The van der Waals surface area contributed by atoms with Crippen LogP contribution in [-0.2, 0) is 11.4 Å². The second-order valence-electron chi connectivity index (χ2n) is 7.04. The van der Waals surface area contributed by atoms with E-state index in [0.29, 0.717) is 16.5 Å². The number of hydrogen-bond acceptors (Lipinski definition) is 8. The summed E-state index contributed by atoms with van der Waals surface area (Å²) in [5.74, 6) is 0.573. The molecule has 0 fully saturated rings. The molecule has 0 unspecified atom stereocenters. The maximum absolute atomic E-state index is 12.1. The molecule has 0 bridgehead atoms. The highest BCUT2D eigenvalue weighted by Gasteiger charge is 2.11. The fourth-order valence-corrected chi connectivity index (χ4v) is 5.68. The van der Waals surface area contributed by atoms with Crippen molar-refractivity contribution in [1.29, 1.82) is 0 Å². The van der Waals surface area contributed by atoms with Crippen molar-refractivity contribution in [3.05, 3.63) is 82.2 Å². The highest BCUT2D eigenvalue weighted by atomic mass is 127. The van der Waals surface area contributed by atoms with Crippen molar-refractivity contribution < 1.29 is 14.5 Å². The van der Waals surface area contributed by atoms with Gasteiger partial charge in [0.05, 0.1) is 24.0 Å². The first-order valence-electron chi connectivity index (χ1n) is 9.83. The maximum Gasteiger partial charge on any atom is 0.269 e. The third kappa shape index (κ3) is 7.87. The molecule has 3 rings (SSSR count). The smallest absolute Gasteiger partial charge is 0.269 e. The van der Waals surface area contributed by atoms with Gasteiger partial charge in [-0.1, -0.05) is 23.9 Å². The van der Waals surface area contributed by atoms with Gasteiger partial charge in [-0.05, 0) is 88.4 Å². The number of benzene rings is 2. The van der Waals surface area contributed by atoms with Crippen molar-refractivity contribution >= 4 is 74.8 Å². The largest absolute Gasteiger partial charge is 0.487 e. The number of aryl methyl sites for hydroxylation is 2. The molecule has 12 heteroatoms. The summed E-state index contributed by atoms with van der Waals surface area (Å²) in [5, 5.41) is 15.5. The fourth-order valence-electron chi connectivity index (χ4n) is 2.81. The third-order valence-corrected chi connectivity index (χ3v) is 6.67. The van der Waals surface area contributed by atoms with Gasteiger partial charge in [-0.3, -0.25) is 14.9 Å². The van der Waals surface area contributed by atoms with Crippen molar-refractivity contribution in [3.8, 4) is 5.75 Å². The van der Waals surface area contributed by atoms with Gasteiger partial charge in [-0.15, -0.1) is 0 Å². The normalized spacial score (nSPS) is 10.9. The van der Waals surface area contributed by atoms with E-state index in [-0.39, 0.29) is 24.0 Å². The number of carbonyl (C=O) groups excluding carboxylic acids is 1. The van der Waals surface area contributed by atoms with Gasteiger partial charge in [0, 0.05) is 23.5 Å². The lowest BCUT2D eigenvalue weighted by Crippen LogP contribution is -2.19. The number of nitrogens with zero attached hydrogens (tertiary/aromatic N) is 4. The van der Waals surface area contributed by atoms with E-state index in [2.05, 4.69) is 65.7 Å². The Morgan fingerprint density at radius 1 is 1.18 bits per heavy atom. The summed E-state index contributed by atoms with van der Waals surface area (Å²) < 4.78 is 7.61. The first-order chi connectivity index (χ1) is 16.2. The Balaban J connectivity index is 1.56. The Labute approximate surface area is 227 Å². The second-order valence-corrected chi connectivity index (χ2v) is 10.3. The van der Waals surface area contributed by atoms with E-state index in [1.165, 1.54) is 23.9 Å². The number of nitro groups is 1. The molecule has 2 aromatic carbocycles. The Hall–Kier alpha value is -2.33. The Morgan fingerprint density at radius 3 is 2.50 bits per heavy atom. The van der Waals surface area contributed by atoms with Crippen LogP contribution in [0.1, 0.15) is 22.5 Å². The molecular formula is C22H19I2N5O4S. The molecule has 0 aliphatic heterocycles. The van der Waals surface area contributed by atoms with Crippen LogP contribution in [0, 0.1) is 31.1 Å². The number of nitro benzene ring substituents is 1. The number of nitrogens with one attached hydrogen (secondary N) is 1. The van der Waals surface area contributed by atoms with E-state index in [1.807, 2.05) is 32.0 Å². The predicted octanol–water partition coefficient (Wildman–Crippen LogP) is 5.03. The van der Waals surface area contributed by atoms with E-state index < -0.39 is 4.92 Å². The predicted molar refractivity (Wildman–Crippen MR) is 147 cm³/mol. The van der Waals surface area contributed by atoms with Gasteiger partial charge in [0.15, 0.2) is 5.16 Å². The zero-order valence-electron chi connectivity index (χ0n) is 18.1. The van der Waals surface area contributed by atoms with Gasteiger partial charge in [-0.25, -0.2) is 15.4 Å². The molecule has 0 radical (unpaired) electrons. The SMILES string of the molecule is Cc1cc(C)nc(SCC(=O)N/N=C\c2cc(I)c(OCc3cccc([N+](=O)[O-])c3)c(I)c2)n1. The molecule has 0 aliphatic rings. The molecule has 0 atom stereocenters. The summed E-state index contributed by atoms with van der Waals surface area (Å²) in [6.07, 6.45) is 1.56. The third-order valence-electron chi connectivity index (χ3n) is 4.22. The summed E-state index contributed by atoms with van der Waals surface area (Å²) in [5.41, 5.74) is 5.75. The van der Waals surface area contributed by atoms with Gasteiger partial charge in [0.1, 0.15) is 12.4 Å². The summed E-state index contributed by atoms with van der Waals surface area (Å²) in [4.78, 5) is 31.2. The number of rotatable bonds is 9. The van der Waals surface area contributed by atoms with Gasteiger partial charge < -0.3 is 4.74 Å². The number of ether oxygens (including phenoxy) is 1. The number of halogens is 2. The molecule has 1 amide bonds. The molecular weight excluding hydrogens is 684 g/mol. The van der Waals surface area contributed by atoms with E-state index >= 15 is 0 Å². The minimum atomic E-state index is -0.431. The molecule has 0 aliphatic carbocycles. The van der Waals surface area contributed by atoms with E-state index in [4.69, 9.17) is 4.74 Å². The van der Waals surface area contributed by atoms with Crippen LogP contribution in [0.5, 0.6) is 5.75 Å². The van der Waals surface area contributed by atoms with Crippen LogP contribution >= 0.6 is 56.9 Å². The number of hydrazone groups is 1. The highest BCUT2D eigenvalue weighted by molar-refractivity contribution is 14.1. The number of carbonyl (C=O) groups is 1. The first-order valence-corrected chi connectivity index (χ1v) is 13.0. The molecule has 0 saturated heterocycles. The van der Waals surface area contributed by atoms with Gasteiger partial charge in [0.2, 0.25) is 0 Å². The molecule has 0 saturated carbocycles. The summed E-state index contributed by atoms with van der Waals surface area (Å²) in [6.45, 7) is 3.98. The van der Waals surface area contributed by atoms with Gasteiger partial charge in [0.25, 0.3) is 11.6 Å². The fraction of sp³-hybridized carbons (Fsp3) is 0.182. The highest BCUT2D eigenvalue weighted by Crippen LogP contribution is 2.29. The summed E-state index contributed by atoms with van der Waals surface area (Å²) >= 11 is 5.57. The van der Waals surface area contributed by atoms with Crippen molar-refractivity contribution in [1.82, 2.24) is 15.4 Å². The Morgan fingerprint density at radius 2 is 1.85 bits per heavy atom. The molecule has 34 heavy (non-hydrogen) atoms. The average molecular weight is 703 g/mol. The lowest BCUT2D eigenvalue weighted by molar-refractivity contribution is -0.384. The van der Waals surface area contributed by atoms with Crippen molar-refractivity contribution in [2.75, 3.05) is 5.75 Å². The zero-order valence-corrected chi connectivity index (χ0v) is 23.3. The van der Waals surface area contributed by atoms with Crippen molar-refractivity contribution in [2.45, 2.75) is 25.6 Å². The minimum Gasteiger partial charge on any atom is -0.487 e. The molecule has 1 heterocycles. The lowest BCUT2D eigenvalue weighted by atomic mass is 10.2. The van der Waals surface area contributed by atoms with E-state index in [9.17, 15) is 14.9 Å². The standard InChI is InChI=1S/C22H19I2N5O4S/c1-13-6-14(2)27-22(26-13)34-12-20(30)28-25-10-16-8-18(23)21(19(24)9-16)33-11-15-4-3-5-17(7-15)29(31)32/h3-10H,11-12H2,1-2H3,(H,28,30)/b25-10-. The number of non-ortho nitro benzene ring substituents is 1. The van der Waals surface area contributed by atoms with E-state index in [1.54, 1.807) is 18.3 Å². The lowest BCUT2D eigenvalue weighted by Gasteiger charge is -2.11. The van der Waals surface area contributed by atoms with Crippen LogP contribution in [0.25, 0.3) is 0 Å². The molecule has 9 nitrogen and oxygen atoms in total. The van der Waals surface area contributed by atoms with Crippen LogP contribution < -0.4 is 10.2 Å². The maximum atomic E-state index is 12.1. The number of amides is 1. The monoisotopic (exact) mass is 703 g/mol. The summed E-state index contributed by atoms with van der Waals surface area (Å²) in [7, 11) is 0. The van der Waals surface area contributed by atoms with Crippen LogP contribution in [-0.4, -0.2) is 32.8 Å². The molecule has 3 aromatic rings. The van der Waals surface area contributed by atoms with E-state index in [0.717, 1.165) is 24.1 Å². The molecule has 0 spiro atoms. The topological polar surface area (TPSA) is 120 Å². The number of aromatic nitrogens is 2. The molecule has 1 aromatic heterocycles. The van der Waals surface area contributed by atoms with Crippen LogP contribution in [0.2, 0.25) is 0 Å². The number of hydrogen-bond donors (Lipinski definition) is 1. The van der Waals surface area contributed by atoms with Crippen LogP contribution in [0.3, 0.4) is 0 Å². The van der Waals surface area contributed by atoms with Crippen molar-refractivity contribution in [2.24, 2.45) is 5.10 Å². The minimum absolute atomic E-state index is 0.0269. The zero-order chi connectivity index (χ0) is 24.7. The Bertz CT molecular complexity index is 1210. The summed E-state index contributed by atoms with van der Waals surface area (Å²) in [6, 6.07) is 12.0. The first kappa shape index (κ1) is 26.3. The van der Waals surface area contributed by atoms with Gasteiger partial charge >= 0.3 is 0 Å². The molecule has 176 valence electrons. The average Bonchev–Trinajstić information content (AvgIpc) is 2.77. The second kappa shape index (κ2) is 12.4.